The molecule has 1 amide bonds. The van der Waals surface area contributed by atoms with Gasteiger partial charge in [-0.25, -0.2) is 8.42 Å². The minimum Gasteiger partial charge on any atom is -0.484 e. The molecule has 0 aliphatic heterocycles. The topological polar surface area (TPSA) is 97.4 Å². The van der Waals surface area contributed by atoms with Crippen molar-refractivity contribution >= 4 is 21.6 Å². The van der Waals surface area contributed by atoms with Crippen LogP contribution in [-0.2, 0) is 21.4 Å². The Hall–Kier alpha value is -3.39. The SMILES string of the molecule is Cc1cc(C)cc(NS(=O)(=O)c2ccc(OCC(=O)NCc3ccncc3)cc2)c1. The third-order valence-corrected chi connectivity index (χ3v) is 5.61. The quantitative estimate of drug-likeness (QED) is 0.578. The van der Waals surface area contributed by atoms with Crippen molar-refractivity contribution in [1.29, 1.82) is 0 Å². The molecule has 1 heterocycles. The Kier molecular flexibility index (Phi) is 6.68. The maximum absolute atomic E-state index is 12.6. The fraction of sp³-hybridized carbons (Fsp3) is 0.182. The van der Waals surface area contributed by atoms with Crippen molar-refractivity contribution in [3.05, 3.63) is 83.7 Å². The molecule has 7 nitrogen and oxygen atoms in total. The van der Waals surface area contributed by atoms with E-state index in [9.17, 15) is 13.2 Å². The number of benzene rings is 2. The maximum atomic E-state index is 12.6. The van der Waals surface area contributed by atoms with Crippen LogP contribution in [-0.4, -0.2) is 25.9 Å². The van der Waals surface area contributed by atoms with Crippen LogP contribution >= 0.6 is 0 Å². The van der Waals surface area contributed by atoms with E-state index in [-0.39, 0.29) is 17.4 Å². The molecule has 0 fully saturated rings. The monoisotopic (exact) mass is 425 g/mol. The zero-order valence-electron chi connectivity index (χ0n) is 16.8. The molecule has 0 aliphatic rings. The van der Waals surface area contributed by atoms with Crippen molar-refractivity contribution in [2.75, 3.05) is 11.3 Å². The van der Waals surface area contributed by atoms with Crippen molar-refractivity contribution in [3.8, 4) is 5.75 Å². The summed E-state index contributed by atoms with van der Waals surface area (Å²) in [6, 6.07) is 15.1. The van der Waals surface area contributed by atoms with Gasteiger partial charge >= 0.3 is 0 Å². The number of nitrogens with zero attached hydrogens (tertiary/aromatic N) is 1. The molecule has 0 atom stereocenters. The zero-order valence-corrected chi connectivity index (χ0v) is 17.6. The third kappa shape index (κ3) is 6.05. The number of sulfonamides is 1. The normalized spacial score (nSPS) is 11.0. The number of hydrogen-bond acceptors (Lipinski definition) is 5. The third-order valence-electron chi connectivity index (χ3n) is 4.22. The summed E-state index contributed by atoms with van der Waals surface area (Å²) in [6.45, 7) is 4.03. The number of rotatable bonds is 8. The fourth-order valence-corrected chi connectivity index (χ4v) is 3.90. The van der Waals surface area contributed by atoms with E-state index >= 15 is 0 Å². The molecule has 0 unspecified atom stereocenters. The van der Waals surface area contributed by atoms with Crippen molar-refractivity contribution in [1.82, 2.24) is 10.3 Å². The van der Waals surface area contributed by atoms with Crippen LogP contribution in [0.3, 0.4) is 0 Å². The van der Waals surface area contributed by atoms with E-state index in [0.717, 1.165) is 16.7 Å². The Balaban J connectivity index is 1.55. The number of ether oxygens (including phenoxy) is 1. The van der Waals surface area contributed by atoms with Gasteiger partial charge in [-0.05, 0) is 79.1 Å². The lowest BCUT2D eigenvalue weighted by Crippen LogP contribution is -2.28. The number of carbonyl (C=O) groups excluding carboxylic acids is 1. The highest BCUT2D eigenvalue weighted by Crippen LogP contribution is 2.21. The lowest BCUT2D eigenvalue weighted by Gasteiger charge is -2.11. The van der Waals surface area contributed by atoms with Gasteiger partial charge in [-0.1, -0.05) is 6.07 Å². The molecule has 8 heteroatoms. The first-order chi connectivity index (χ1) is 14.3. The first kappa shape index (κ1) is 21.3. The molecule has 156 valence electrons. The highest BCUT2D eigenvalue weighted by Gasteiger charge is 2.15. The van der Waals surface area contributed by atoms with Gasteiger partial charge in [0.05, 0.1) is 4.90 Å². The number of nitrogens with one attached hydrogen (secondary N) is 2. The van der Waals surface area contributed by atoms with Crippen LogP contribution in [0.2, 0.25) is 0 Å². The summed E-state index contributed by atoms with van der Waals surface area (Å²) in [7, 11) is -3.72. The average molecular weight is 426 g/mol. The van der Waals surface area contributed by atoms with E-state index in [1.165, 1.54) is 24.3 Å². The summed E-state index contributed by atoms with van der Waals surface area (Å²) in [5.41, 5.74) is 3.39. The van der Waals surface area contributed by atoms with Gasteiger partial charge in [0.15, 0.2) is 6.61 Å². The predicted molar refractivity (Wildman–Crippen MR) is 115 cm³/mol. The van der Waals surface area contributed by atoms with Gasteiger partial charge < -0.3 is 10.1 Å². The van der Waals surface area contributed by atoms with Gasteiger partial charge in [0, 0.05) is 24.6 Å². The molecule has 0 aliphatic carbocycles. The number of anilines is 1. The van der Waals surface area contributed by atoms with Crippen molar-refractivity contribution in [3.63, 3.8) is 0 Å². The largest absolute Gasteiger partial charge is 0.484 e. The molecule has 2 aromatic carbocycles. The summed E-state index contributed by atoms with van der Waals surface area (Å²) >= 11 is 0. The molecule has 1 aromatic heterocycles. The Morgan fingerprint density at radius 2 is 1.60 bits per heavy atom. The van der Waals surface area contributed by atoms with Gasteiger partial charge in [0.2, 0.25) is 0 Å². The fourth-order valence-electron chi connectivity index (χ4n) is 2.86. The Morgan fingerprint density at radius 1 is 0.967 bits per heavy atom. The summed E-state index contributed by atoms with van der Waals surface area (Å²) in [5.74, 6) is 0.124. The van der Waals surface area contributed by atoms with Gasteiger partial charge in [-0.15, -0.1) is 0 Å². The van der Waals surface area contributed by atoms with Crippen LogP contribution < -0.4 is 14.8 Å². The summed E-state index contributed by atoms with van der Waals surface area (Å²) < 4.78 is 33.2. The molecule has 30 heavy (non-hydrogen) atoms. The van der Waals surface area contributed by atoms with E-state index in [0.29, 0.717) is 18.0 Å². The standard InChI is InChI=1S/C22H23N3O4S/c1-16-11-17(2)13-19(12-16)25-30(27,28)21-5-3-20(4-6-21)29-15-22(26)24-14-18-7-9-23-10-8-18/h3-13,25H,14-15H2,1-2H3,(H,24,26). The molecule has 3 rings (SSSR count). The smallest absolute Gasteiger partial charge is 0.261 e. The van der Waals surface area contributed by atoms with Gasteiger partial charge in [-0.3, -0.25) is 14.5 Å². The van der Waals surface area contributed by atoms with Crippen molar-refractivity contribution < 1.29 is 17.9 Å². The molecular weight excluding hydrogens is 402 g/mol. The maximum Gasteiger partial charge on any atom is 0.261 e. The second-order valence-corrected chi connectivity index (χ2v) is 8.56. The summed E-state index contributed by atoms with van der Waals surface area (Å²) in [6.07, 6.45) is 3.31. The summed E-state index contributed by atoms with van der Waals surface area (Å²) in [5, 5.41) is 2.74. The highest BCUT2D eigenvalue weighted by molar-refractivity contribution is 7.92. The Labute approximate surface area is 176 Å². The van der Waals surface area contributed by atoms with Crippen LogP contribution in [0.25, 0.3) is 0 Å². The second kappa shape index (κ2) is 9.41. The molecular formula is C22H23N3O4S. The number of aromatic nitrogens is 1. The second-order valence-electron chi connectivity index (χ2n) is 6.87. The predicted octanol–water partition coefficient (Wildman–Crippen LogP) is 3.19. The van der Waals surface area contributed by atoms with Crippen molar-refractivity contribution in [2.24, 2.45) is 0 Å². The number of pyridine rings is 1. The average Bonchev–Trinajstić information content (AvgIpc) is 2.70. The number of hydrogen-bond donors (Lipinski definition) is 2. The number of amides is 1. The van der Waals surface area contributed by atoms with E-state index in [1.54, 1.807) is 24.5 Å². The Bertz CT molecular complexity index is 1090. The van der Waals surface area contributed by atoms with E-state index < -0.39 is 10.0 Å². The van der Waals surface area contributed by atoms with Gasteiger partial charge in [0.25, 0.3) is 15.9 Å². The Morgan fingerprint density at radius 3 is 2.23 bits per heavy atom. The van der Waals surface area contributed by atoms with Crippen LogP contribution in [0.1, 0.15) is 16.7 Å². The van der Waals surface area contributed by atoms with Crippen LogP contribution in [0.15, 0.2) is 71.9 Å². The molecule has 3 aromatic rings. The zero-order chi connectivity index (χ0) is 21.6. The van der Waals surface area contributed by atoms with E-state index in [1.807, 2.05) is 32.0 Å². The van der Waals surface area contributed by atoms with Crippen LogP contribution in [0.5, 0.6) is 5.75 Å². The number of aryl methyl sites for hydroxylation is 2. The molecule has 0 saturated carbocycles. The lowest BCUT2D eigenvalue weighted by atomic mass is 10.1. The summed E-state index contributed by atoms with van der Waals surface area (Å²) in [4.78, 5) is 15.9. The van der Waals surface area contributed by atoms with E-state index in [4.69, 9.17) is 4.74 Å². The number of carbonyl (C=O) groups is 1. The van der Waals surface area contributed by atoms with E-state index in [2.05, 4.69) is 15.0 Å². The molecule has 0 saturated heterocycles. The molecule has 0 spiro atoms. The molecule has 2 N–H and O–H groups in total. The first-order valence-corrected chi connectivity index (χ1v) is 10.8. The molecule has 0 bridgehead atoms. The lowest BCUT2D eigenvalue weighted by molar-refractivity contribution is -0.123. The van der Waals surface area contributed by atoms with Crippen LogP contribution in [0, 0.1) is 13.8 Å². The molecule has 0 radical (unpaired) electrons. The van der Waals surface area contributed by atoms with Crippen LogP contribution in [0.4, 0.5) is 5.69 Å². The van der Waals surface area contributed by atoms with Gasteiger partial charge in [-0.2, -0.15) is 0 Å². The van der Waals surface area contributed by atoms with Crippen molar-refractivity contribution in [2.45, 2.75) is 25.3 Å². The minimum absolute atomic E-state index is 0.108. The minimum atomic E-state index is -3.72. The highest BCUT2D eigenvalue weighted by atomic mass is 32.2. The first-order valence-electron chi connectivity index (χ1n) is 9.31. The van der Waals surface area contributed by atoms with Gasteiger partial charge in [0.1, 0.15) is 5.75 Å².